The van der Waals surface area contributed by atoms with Gasteiger partial charge >= 0.3 is 0 Å². The summed E-state index contributed by atoms with van der Waals surface area (Å²) in [7, 11) is 0. The first-order valence-corrected chi connectivity index (χ1v) is 4.61. The van der Waals surface area contributed by atoms with Crippen LogP contribution in [0.15, 0.2) is 30.3 Å². The Bertz CT molecular complexity index is 547. The van der Waals surface area contributed by atoms with Crippen molar-refractivity contribution in [3.8, 4) is 5.75 Å². The van der Waals surface area contributed by atoms with Gasteiger partial charge in [-0.1, -0.05) is 6.07 Å². The van der Waals surface area contributed by atoms with E-state index < -0.39 is 0 Å². The highest BCUT2D eigenvalue weighted by Crippen LogP contribution is 2.26. The van der Waals surface area contributed by atoms with Crippen molar-refractivity contribution >= 4 is 22.2 Å². The van der Waals surface area contributed by atoms with E-state index in [0.29, 0.717) is 11.3 Å². The summed E-state index contributed by atoms with van der Waals surface area (Å²) in [4.78, 5) is 11.2. The molecule has 0 aliphatic rings. The fourth-order valence-electron chi connectivity index (χ4n) is 1.59. The van der Waals surface area contributed by atoms with E-state index >= 15 is 0 Å². The van der Waals surface area contributed by atoms with Crippen molar-refractivity contribution in [2.45, 2.75) is 6.92 Å². The second-order valence-electron chi connectivity index (χ2n) is 3.53. The maximum Gasteiger partial charge on any atom is 0.163 e. The number of hydrogen-bond donors (Lipinski definition) is 2. The zero-order chi connectivity index (χ0) is 11.0. The number of nitrogen functional groups attached to an aromatic ring is 1. The summed E-state index contributed by atoms with van der Waals surface area (Å²) in [6.45, 7) is 1.42. The average Bonchev–Trinajstić information content (AvgIpc) is 2.17. The van der Waals surface area contributed by atoms with E-state index in [9.17, 15) is 9.90 Å². The molecule has 0 amide bonds. The molecular formula is C12H11NO2. The Morgan fingerprint density at radius 3 is 2.60 bits per heavy atom. The van der Waals surface area contributed by atoms with Crippen LogP contribution in [0.25, 0.3) is 10.8 Å². The molecule has 0 unspecified atom stereocenters. The number of carbonyl (C=O) groups excluding carboxylic acids is 1. The monoisotopic (exact) mass is 201 g/mol. The van der Waals surface area contributed by atoms with Crippen LogP contribution in [0.3, 0.4) is 0 Å². The molecule has 0 fully saturated rings. The number of Topliss-reactive ketones (excluding diaryl/α,β-unsaturated/α-hetero) is 1. The maximum absolute atomic E-state index is 11.2. The van der Waals surface area contributed by atoms with Gasteiger partial charge in [-0.2, -0.15) is 0 Å². The van der Waals surface area contributed by atoms with Crippen molar-refractivity contribution < 1.29 is 9.90 Å². The minimum atomic E-state index is -0.156. The Hall–Kier alpha value is -2.03. The number of nitrogens with two attached hydrogens (primary N) is 1. The summed E-state index contributed by atoms with van der Waals surface area (Å²) in [6, 6.07) is 8.58. The highest BCUT2D eigenvalue weighted by atomic mass is 16.3. The average molecular weight is 201 g/mol. The predicted octanol–water partition coefficient (Wildman–Crippen LogP) is 2.33. The van der Waals surface area contributed by atoms with Crippen LogP contribution >= 0.6 is 0 Å². The summed E-state index contributed by atoms with van der Waals surface area (Å²) in [5.41, 5.74) is 6.61. The third kappa shape index (κ3) is 1.64. The molecule has 0 saturated carbocycles. The third-order valence-corrected chi connectivity index (χ3v) is 2.36. The van der Waals surface area contributed by atoms with Crippen molar-refractivity contribution in [2.24, 2.45) is 0 Å². The quantitative estimate of drug-likeness (QED) is 0.549. The van der Waals surface area contributed by atoms with E-state index in [1.165, 1.54) is 6.92 Å². The van der Waals surface area contributed by atoms with Crippen LogP contribution in [0.5, 0.6) is 5.75 Å². The van der Waals surface area contributed by atoms with E-state index in [0.717, 1.165) is 10.8 Å². The Labute approximate surface area is 87.1 Å². The molecule has 2 aromatic rings. The highest BCUT2D eigenvalue weighted by molar-refractivity contribution is 6.01. The number of carbonyl (C=O) groups is 1. The molecule has 0 aliphatic carbocycles. The number of ketones is 1. The molecule has 15 heavy (non-hydrogen) atoms. The van der Waals surface area contributed by atoms with Crippen LogP contribution in [-0.4, -0.2) is 10.9 Å². The van der Waals surface area contributed by atoms with Gasteiger partial charge in [-0.25, -0.2) is 0 Å². The number of benzene rings is 2. The molecule has 0 heterocycles. The molecular weight excluding hydrogens is 190 g/mol. The Morgan fingerprint density at radius 1 is 1.20 bits per heavy atom. The highest BCUT2D eigenvalue weighted by Gasteiger charge is 2.07. The van der Waals surface area contributed by atoms with E-state index in [-0.39, 0.29) is 11.5 Å². The lowest BCUT2D eigenvalue weighted by Gasteiger charge is -2.04. The molecule has 0 aliphatic heterocycles. The number of anilines is 1. The molecule has 0 saturated heterocycles. The third-order valence-electron chi connectivity index (χ3n) is 2.36. The fraction of sp³-hybridized carbons (Fsp3) is 0.0833. The van der Waals surface area contributed by atoms with Crippen LogP contribution in [-0.2, 0) is 0 Å². The molecule has 0 atom stereocenters. The van der Waals surface area contributed by atoms with Crippen LogP contribution in [0.4, 0.5) is 5.69 Å². The minimum absolute atomic E-state index is 0.0137. The van der Waals surface area contributed by atoms with Gasteiger partial charge in [0.05, 0.1) is 5.56 Å². The first kappa shape index (κ1) is 9.52. The zero-order valence-electron chi connectivity index (χ0n) is 8.32. The second kappa shape index (κ2) is 3.28. The number of rotatable bonds is 1. The predicted molar refractivity (Wildman–Crippen MR) is 60.0 cm³/mol. The lowest BCUT2D eigenvalue weighted by molar-refractivity contribution is 0.101. The van der Waals surface area contributed by atoms with Crippen LogP contribution < -0.4 is 5.73 Å². The molecule has 2 rings (SSSR count). The normalized spacial score (nSPS) is 10.5. The molecule has 2 aromatic carbocycles. The van der Waals surface area contributed by atoms with E-state index in [4.69, 9.17) is 5.73 Å². The van der Waals surface area contributed by atoms with Crippen molar-refractivity contribution in [3.05, 3.63) is 35.9 Å². The summed E-state index contributed by atoms with van der Waals surface area (Å²) in [5, 5.41) is 11.3. The zero-order valence-corrected chi connectivity index (χ0v) is 8.32. The van der Waals surface area contributed by atoms with E-state index in [2.05, 4.69) is 0 Å². The molecule has 3 heteroatoms. The standard InChI is InChI=1S/C12H11NO2/c1-7(14)11-5-9-4-10(13)3-2-8(9)6-12(11)15/h2-6,15H,13H2,1H3. The molecule has 0 aromatic heterocycles. The Morgan fingerprint density at radius 2 is 1.93 bits per heavy atom. The lowest BCUT2D eigenvalue weighted by Crippen LogP contribution is -1.93. The second-order valence-corrected chi connectivity index (χ2v) is 3.53. The first-order chi connectivity index (χ1) is 7.08. The first-order valence-electron chi connectivity index (χ1n) is 4.61. The van der Waals surface area contributed by atoms with Crippen LogP contribution in [0.1, 0.15) is 17.3 Å². The molecule has 0 spiro atoms. The lowest BCUT2D eigenvalue weighted by atomic mass is 10.0. The summed E-state index contributed by atoms with van der Waals surface area (Å²) in [6.07, 6.45) is 0. The summed E-state index contributed by atoms with van der Waals surface area (Å²) >= 11 is 0. The van der Waals surface area contributed by atoms with Gasteiger partial charge < -0.3 is 10.8 Å². The maximum atomic E-state index is 11.2. The summed E-state index contributed by atoms with van der Waals surface area (Å²) < 4.78 is 0. The Kier molecular flexibility index (Phi) is 2.08. The van der Waals surface area contributed by atoms with E-state index in [1.54, 1.807) is 24.3 Å². The van der Waals surface area contributed by atoms with Crippen LogP contribution in [0, 0.1) is 0 Å². The smallest absolute Gasteiger partial charge is 0.163 e. The van der Waals surface area contributed by atoms with Crippen LogP contribution in [0.2, 0.25) is 0 Å². The minimum Gasteiger partial charge on any atom is -0.507 e. The van der Waals surface area contributed by atoms with Gasteiger partial charge in [-0.3, -0.25) is 4.79 Å². The topological polar surface area (TPSA) is 63.3 Å². The molecule has 76 valence electrons. The SMILES string of the molecule is CC(=O)c1cc2cc(N)ccc2cc1O. The van der Waals surface area contributed by atoms with E-state index in [1.807, 2.05) is 6.07 Å². The van der Waals surface area contributed by atoms with Gasteiger partial charge in [-0.15, -0.1) is 0 Å². The van der Waals surface area contributed by atoms with Gasteiger partial charge in [0.15, 0.2) is 5.78 Å². The van der Waals surface area contributed by atoms with Gasteiger partial charge in [0.1, 0.15) is 5.75 Å². The van der Waals surface area contributed by atoms with Gasteiger partial charge in [-0.05, 0) is 42.0 Å². The number of phenolic OH excluding ortho intramolecular Hbond substituents is 1. The summed E-state index contributed by atoms with van der Waals surface area (Å²) in [5.74, 6) is -0.142. The van der Waals surface area contributed by atoms with Crippen molar-refractivity contribution in [3.63, 3.8) is 0 Å². The number of aromatic hydroxyl groups is 1. The van der Waals surface area contributed by atoms with Gasteiger partial charge in [0, 0.05) is 5.69 Å². The number of phenols is 1. The van der Waals surface area contributed by atoms with Crippen molar-refractivity contribution in [2.75, 3.05) is 5.73 Å². The number of fused-ring (bicyclic) bond motifs is 1. The van der Waals surface area contributed by atoms with Gasteiger partial charge in [0.25, 0.3) is 0 Å². The van der Waals surface area contributed by atoms with Crippen molar-refractivity contribution in [1.29, 1.82) is 0 Å². The molecule has 0 bridgehead atoms. The molecule has 3 nitrogen and oxygen atoms in total. The fourth-order valence-corrected chi connectivity index (χ4v) is 1.59. The van der Waals surface area contributed by atoms with Crippen molar-refractivity contribution in [1.82, 2.24) is 0 Å². The number of hydrogen-bond acceptors (Lipinski definition) is 3. The Balaban J connectivity index is 2.77. The van der Waals surface area contributed by atoms with Gasteiger partial charge in [0.2, 0.25) is 0 Å². The molecule has 3 N–H and O–H groups in total. The largest absolute Gasteiger partial charge is 0.507 e. The molecule has 0 radical (unpaired) electrons.